The van der Waals surface area contributed by atoms with Crippen molar-refractivity contribution in [3.8, 4) is 11.3 Å². The molecule has 17 heavy (non-hydrogen) atoms. The van der Waals surface area contributed by atoms with Crippen LogP contribution < -0.4 is 0 Å². The van der Waals surface area contributed by atoms with Gasteiger partial charge in [0.25, 0.3) is 0 Å². The highest BCUT2D eigenvalue weighted by molar-refractivity contribution is 9.10. The highest BCUT2D eigenvalue weighted by Crippen LogP contribution is 2.29. The number of H-pyrrole nitrogens is 1. The largest absolute Gasteiger partial charge is 0.481 e. The summed E-state index contributed by atoms with van der Waals surface area (Å²) in [5.74, 6) is -0.884. The van der Waals surface area contributed by atoms with E-state index in [9.17, 15) is 4.79 Å². The molecule has 1 aromatic carbocycles. The fourth-order valence-electron chi connectivity index (χ4n) is 1.54. The molecule has 0 aliphatic rings. The lowest BCUT2D eigenvalue weighted by atomic mass is 10.1. The van der Waals surface area contributed by atoms with Crippen LogP contribution in [0.25, 0.3) is 11.3 Å². The maximum Gasteiger partial charge on any atom is 0.309 e. The van der Waals surface area contributed by atoms with Gasteiger partial charge in [0.2, 0.25) is 0 Å². The van der Waals surface area contributed by atoms with E-state index in [0.717, 1.165) is 11.3 Å². The first-order chi connectivity index (χ1) is 8.08. The van der Waals surface area contributed by atoms with Crippen molar-refractivity contribution in [1.29, 1.82) is 0 Å². The Bertz CT molecular complexity index is 546. The predicted octanol–water partition coefficient (Wildman–Crippen LogP) is 2.77. The molecule has 5 heteroatoms. The average Bonchev–Trinajstić information content (AvgIpc) is 2.61. The van der Waals surface area contributed by atoms with Gasteiger partial charge in [-0.1, -0.05) is 29.8 Å². The van der Waals surface area contributed by atoms with E-state index in [2.05, 4.69) is 26.1 Å². The molecule has 0 amide bonds. The van der Waals surface area contributed by atoms with E-state index in [1.807, 2.05) is 31.2 Å². The van der Waals surface area contributed by atoms with Gasteiger partial charge in [-0.3, -0.25) is 9.89 Å². The summed E-state index contributed by atoms with van der Waals surface area (Å²) in [6.07, 6.45) is -0.0700. The van der Waals surface area contributed by atoms with Crippen LogP contribution in [0, 0.1) is 6.92 Å². The molecule has 4 nitrogen and oxygen atoms in total. The molecule has 0 saturated carbocycles. The zero-order valence-electron chi connectivity index (χ0n) is 9.20. The Hall–Kier alpha value is -1.62. The third kappa shape index (κ3) is 2.55. The van der Waals surface area contributed by atoms with E-state index in [4.69, 9.17) is 5.11 Å². The summed E-state index contributed by atoms with van der Waals surface area (Å²) in [4.78, 5) is 10.6. The molecule has 0 aliphatic heterocycles. The second kappa shape index (κ2) is 4.71. The molecule has 0 bridgehead atoms. The van der Waals surface area contributed by atoms with Gasteiger partial charge in [-0.25, -0.2) is 0 Å². The van der Waals surface area contributed by atoms with Crippen LogP contribution >= 0.6 is 15.9 Å². The Kier molecular flexibility index (Phi) is 3.28. The van der Waals surface area contributed by atoms with E-state index >= 15 is 0 Å². The van der Waals surface area contributed by atoms with E-state index < -0.39 is 5.97 Å². The molecule has 2 aromatic rings. The third-order valence-corrected chi connectivity index (χ3v) is 3.28. The number of halogens is 1. The lowest BCUT2D eigenvalue weighted by Crippen LogP contribution is -2.00. The van der Waals surface area contributed by atoms with Crippen LogP contribution in [0.3, 0.4) is 0 Å². The summed E-state index contributed by atoms with van der Waals surface area (Å²) >= 11 is 3.38. The van der Waals surface area contributed by atoms with Gasteiger partial charge in [0.05, 0.1) is 16.6 Å². The molecule has 0 fully saturated rings. The first-order valence-corrected chi connectivity index (χ1v) is 5.89. The predicted molar refractivity (Wildman–Crippen MR) is 67.8 cm³/mol. The fourth-order valence-corrected chi connectivity index (χ4v) is 2.08. The van der Waals surface area contributed by atoms with E-state index in [1.165, 1.54) is 5.56 Å². The number of aliphatic carboxylic acids is 1. The molecule has 2 rings (SSSR count). The van der Waals surface area contributed by atoms with Crippen molar-refractivity contribution in [2.75, 3.05) is 0 Å². The number of aromatic nitrogens is 2. The summed E-state index contributed by atoms with van der Waals surface area (Å²) in [7, 11) is 0. The smallest absolute Gasteiger partial charge is 0.309 e. The zero-order chi connectivity index (χ0) is 12.4. The maximum atomic E-state index is 10.6. The van der Waals surface area contributed by atoms with Crippen LogP contribution in [-0.2, 0) is 11.2 Å². The van der Waals surface area contributed by atoms with Crippen LogP contribution in [0.2, 0.25) is 0 Å². The van der Waals surface area contributed by atoms with E-state index in [1.54, 1.807) is 0 Å². The Balaban J connectivity index is 2.37. The highest BCUT2D eigenvalue weighted by Gasteiger charge is 2.14. The van der Waals surface area contributed by atoms with Gasteiger partial charge in [-0.15, -0.1) is 0 Å². The quantitative estimate of drug-likeness (QED) is 0.915. The lowest BCUT2D eigenvalue weighted by Gasteiger charge is -1.99. The Morgan fingerprint density at radius 2 is 2.06 bits per heavy atom. The number of aryl methyl sites for hydroxylation is 1. The zero-order valence-corrected chi connectivity index (χ0v) is 10.8. The monoisotopic (exact) mass is 294 g/mol. The first-order valence-electron chi connectivity index (χ1n) is 5.09. The molecule has 0 unspecified atom stereocenters. The van der Waals surface area contributed by atoms with Crippen molar-refractivity contribution in [2.24, 2.45) is 0 Å². The summed E-state index contributed by atoms with van der Waals surface area (Å²) in [6, 6.07) is 7.91. The minimum atomic E-state index is -0.884. The van der Waals surface area contributed by atoms with Gasteiger partial charge in [0.15, 0.2) is 0 Å². The SMILES string of the molecule is Cc1ccc(-c2n[nH]c(CC(=O)O)c2Br)cc1. The standard InChI is InChI=1S/C12H11BrN2O2/c1-7-2-4-8(5-3-7)12-11(13)9(14-15-12)6-10(16)17/h2-5H,6H2,1H3,(H,14,15)(H,16,17). The molecule has 0 spiro atoms. The lowest BCUT2D eigenvalue weighted by molar-refractivity contribution is -0.136. The summed E-state index contributed by atoms with van der Waals surface area (Å²) < 4.78 is 0.712. The number of rotatable bonds is 3. The Labute approximate surface area is 107 Å². The minimum absolute atomic E-state index is 0.0700. The second-order valence-corrected chi connectivity index (χ2v) is 4.59. The molecule has 0 atom stereocenters. The molecular formula is C12H11BrN2O2. The molecule has 2 N–H and O–H groups in total. The number of benzene rings is 1. The second-order valence-electron chi connectivity index (χ2n) is 3.80. The van der Waals surface area contributed by atoms with Crippen LogP contribution in [0.4, 0.5) is 0 Å². The first kappa shape index (κ1) is 11.9. The topological polar surface area (TPSA) is 66.0 Å². The molecule has 0 radical (unpaired) electrons. The summed E-state index contributed by atoms with van der Waals surface area (Å²) in [5.41, 5.74) is 3.44. The highest BCUT2D eigenvalue weighted by atomic mass is 79.9. The molecule has 88 valence electrons. The van der Waals surface area contributed by atoms with E-state index in [-0.39, 0.29) is 6.42 Å². The Morgan fingerprint density at radius 3 is 2.65 bits per heavy atom. The molecular weight excluding hydrogens is 284 g/mol. The number of carboxylic acid groups (broad SMARTS) is 1. The normalized spacial score (nSPS) is 10.5. The van der Waals surface area contributed by atoms with Crippen molar-refractivity contribution >= 4 is 21.9 Å². The van der Waals surface area contributed by atoms with Gasteiger partial charge < -0.3 is 5.11 Å². The van der Waals surface area contributed by atoms with Gasteiger partial charge in [0, 0.05) is 5.56 Å². The third-order valence-electron chi connectivity index (χ3n) is 2.43. The van der Waals surface area contributed by atoms with Crippen LogP contribution in [0.1, 0.15) is 11.3 Å². The van der Waals surface area contributed by atoms with Gasteiger partial charge in [-0.2, -0.15) is 5.10 Å². The summed E-state index contributed by atoms with van der Waals surface area (Å²) in [5, 5.41) is 15.6. The number of aromatic amines is 1. The number of nitrogens with zero attached hydrogens (tertiary/aromatic N) is 1. The molecule has 1 heterocycles. The number of carboxylic acids is 1. The van der Waals surface area contributed by atoms with Crippen LogP contribution in [-0.4, -0.2) is 21.3 Å². The van der Waals surface area contributed by atoms with Gasteiger partial charge in [0.1, 0.15) is 5.69 Å². The van der Waals surface area contributed by atoms with Gasteiger partial charge >= 0.3 is 5.97 Å². The fraction of sp³-hybridized carbons (Fsp3) is 0.167. The van der Waals surface area contributed by atoms with E-state index in [0.29, 0.717) is 10.2 Å². The number of hydrogen-bond acceptors (Lipinski definition) is 2. The number of hydrogen-bond donors (Lipinski definition) is 2. The van der Waals surface area contributed by atoms with Gasteiger partial charge in [-0.05, 0) is 22.9 Å². The van der Waals surface area contributed by atoms with Crippen molar-refractivity contribution in [3.63, 3.8) is 0 Å². The maximum absolute atomic E-state index is 10.6. The van der Waals surface area contributed by atoms with Crippen LogP contribution in [0.15, 0.2) is 28.7 Å². The number of carbonyl (C=O) groups is 1. The van der Waals surface area contributed by atoms with Crippen molar-refractivity contribution < 1.29 is 9.90 Å². The molecule has 1 aromatic heterocycles. The minimum Gasteiger partial charge on any atom is -0.481 e. The van der Waals surface area contributed by atoms with Crippen molar-refractivity contribution in [2.45, 2.75) is 13.3 Å². The Morgan fingerprint density at radius 1 is 1.41 bits per heavy atom. The van der Waals surface area contributed by atoms with Crippen molar-refractivity contribution in [3.05, 3.63) is 40.0 Å². The average molecular weight is 295 g/mol. The number of nitrogens with one attached hydrogen (secondary N) is 1. The molecule has 0 saturated heterocycles. The van der Waals surface area contributed by atoms with Crippen LogP contribution in [0.5, 0.6) is 0 Å². The summed E-state index contributed by atoms with van der Waals surface area (Å²) in [6.45, 7) is 2.01. The molecule has 0 aliphatic carbocycles. The van der Waals surface area contributed by atoms with Crippen molar-refractivity contribution in [1.82, 2.24) is 10.2 Å².